The van der Waals surface area contributed by atoms with Crippen molar-refractivity contribution in [1.82, 2.24) is 19.7 Å². The number of halogens is 3. The Balaban J connectivity index is 1.48. The van der Waals surface area contributed by atoms with E-state index in [2.05, 4.69) is 25.7 Å². The second kappa shape index (κ2) is 7.58. The van der Waals surface area contributed by atoms with E-state index >= 15 is 0 Å². The molecule has 0 aliphatic carbocycles. The number of fused-ring (bicyclic) bond motifs is 1. The van der Waals surface area contributed by atoms with Crippen LogP contribution in [0.1, 0.15) is 0 Å². The van der Waals surface area contributed by atoms with Gasteiger partial charge in [-0.1, -0.05) is 12.1 Å². The average molecular weight is 398 g/mol. The molecule has 2 N–H and O–H groups in total. The fourth-order valence-electron chi connectivity index (χ4n) is 2.75. The van der Waals surface area contributed by atoms with Gasteiger partial charge in [0, 0.05) is 6.20 Å². The third-order valence-electron chi connectivity index (χ3n) is 4.04. The summed E-state index contributed by atoms with van der Waals surface area (Å²) < 4.78 is 42.3. The summed E-state index contributed by atoms with van der Waals surface area (Å²) >= 11 is 0. The molecule has 0 unspecified atom stereocenters. The van der Waals surface area contributed by atoms with Crippen molar-refractivity contribution in [1.29, 1.82) is 0 Å². The van der Waals surface area contributed by atoms with Gasteiger partial charge in [0.15, 0.2) is 11.6 Å². The van der Waals surface area contributed by atoms with Crippen molar-refractivity contribution in [2.75, 3.05) is 10.6 Å². The fraction of sp³-hybridized carbons (Fsp3) is 0.0526. The van der Waals surface area contributed by atoms with Crippen molar-refractivity contribution in [3.63, 3.8) is 0 Å². The maximum Gasteiger partial charge on any atom is 0.246 e. The van der Waals surface area contributed by atoms with Crippen LogP contribution in [0.25, 0.3) is 10.9 Å². The number of carbonyl (C=O) groups excluding carboxylic acids is 1. The number of amides is 1. The van der Waals surface area contributed by atoms with Gasteiger partial charge in [-0.3, -0.25) is 9.48 Å². The Morgan fingerprint density at radius 1 is 1.03 bits per heavy atom. The Hall–Kier alpha value is -3.95. The molecule has 4 aromatic rings. The Kier molecular flexibility index (Phi) is 4.82. The molecule has 0 radical (unpaired) electrons. The second-order valence-corrected chi connectivity index (χ2v) is 6.06. The van der Waals surface area contributed by atoms with Gasteiger partial charge in [-0.15, -0.1) is 0 Å². The first-order valence-corrected chi connectivity index (χ1v) is 8.44. The van der Waals surface area contributed by atoms with E-state index in [-0.39, 0.29) is 23.4 Å². The molecule has 10 heteroatoms. The highest BCUT2D eigenvalue weighted by molar-refractivity contribution is 5.91. The summed E-state index contributed by atoms with van der Waals surface area (Å²) in [7, 11) is 0. The number of nitrogens with one attached hydrogen (secondary N) is 2. The lowest BCUT2D eigenvalue weighted by molar-refractivity contribution is -0.116. The number of hydrogen-bond acceptors (Lipinski definition) is 5. The van der Waals surface area contributed by atoms with Gasteiger partial charge in [0.2, 0.25) is 5.91 Å². The van der Waals surface area contributed by atoms with Gasteiger partial charge < -0.3 is 10.6 Å². The molecule has 0 atom stereocenters. The average Bonchev–Trinajstić information content (AvgIpc) is 3.12. The van der Waals surface area contributed by atoms with Gasteiger partial charge in [0.25, 0.3) is 0 Å². The Morgan fingerprint density at radius 2 is 1.83 bits per heavy atom. The number of benzene rings is 2. The summed E-state index contributed by atoms with van der Waals surface area (Å²) in [4.78, 5) is 20.2. The molecule has 2 aromatic carbocycles. The fourth-order valence-corrected chi connectivity index (χ4v) is 2.75. The van der Waals surface area contributed by atoms with E-state index in [1.54, 1.807) is 12.1 Å². The van der Waals surface area contributed by atoms with Crippen molar-refractivity contribution < 1.29 is 18.0 Å². The molecule has 0 bridgehead atoms. The van der Waals surface area contributed by atoms with Gasteiger partial charge in [-0.25, -0.2) is 23.1 Å². The van der Waals surface area contributed by atoms with Crippen molar-refractivity contribution in [3.05, 3.63) is 72.6 Å². The second-order valence-electron chi connectivity index (χ2n) is 6.06. The van der Waals surface area contributed by atoms with E-state index in [1.807, 2.05) is 0 Å². The third-order valence-corrected chi connectivity index (χ3v) is 4.04. The predicted octanol–water partition coefficient (Wildman–Crippen LogP) is 3.63. The quantitative estimate of drug-likeness (QED) is 0.536. The molecule has 0 saturated carbocycles. The largest absolute Gasteiger partial charge is 0.337 e. The van der Waals surface area contributed by atoms with Crippen LogP contribution in [0.3, 0.4) is 0 Å². The van der Waals surface area contributed by atoms with Gasteiger partial charge in [0.1, 0.15) is 24.5 Å². The molecule has 2 heterocycles. The minimum absolute atomic E-state index is 0.224. The topological polar surface area (TPSA) is 84.7 Å². The van der Waals surface area contributed by atoms with Gasteiger partial charge >= 0.3 is 0 Å². The van der Waals surface area contributed by atoms with Crippen LogP contribution in [0.5, 0.6) is 0 Å². The van der Waals surface area contributed by atoms with Crippen molar-refractivity contribution in [2.24, 2.45) is 0 Å². The first kappa shape index (κ1) is 18.4. The zero-order chi connectivity index (χ0) is 20.4. The predicted molar refractivity (Wildman–Crippen MR) is 100.0 cm³/mol. The summed E-state index contributed by atoms with van der Waals surface area (Å²) in [5, 5.41) is 9.47. The minimum atomic E-state index is -1.14. The molecule has 4 rings (SSSR count). The molecular formula is C19H13F3N6O. The number of anilines is 3. The van der Waals surface area contributed by atoms with Crippen LogP contribution in [-0.2, 0) is 11.3 Å². The summed E-state index contributed by atoms with van der Waals surface area (Å²) in [6, 6.07) is 8.00. The highest BCUT2D eigenvalue weighted by Gasteiger charge is 2.13. The number of rotatable bonds is 5. The molecule has 0 spiro atoms. The van der Waals surface area contributed by atoms with Crippen LogP contribution < -0.4 is 10.6 Å². The zero-order valence-corrected chi connectivity index (χ0v) is 14.7. The highest BCUT2D eigenvalue weighted by atomic mass is 19.2. The number of aromatic nitrogens is 4. The maximum atomic E-state index is 14.1. The van der Waals surface area contributed by atoms with E-state index in [4.69, 9.17) is 0 Å². The van der Waals surface area contributed by atoms with E-state index in [9.17, 15) is 18.0 Å². The molecular weight excluding hydrogens is 385 g/mol. The Labute approximate surface area is 162 Å². The SMILES string of the molecule is O=C(Cn1cc(Nc2ncnc3cccc(F)c23)cn1)Nc1cccc(F)c1F. The maximum absolute atomic E-state index is 14.1. The lowest BCUT2D eigenvalue weighted by Crippen LogP contribution is -2.19. The van der Waals surface area contributed by atoms with Crippen LogP contribution in [0.15, 0.2) is 55.1 Å². The van der Waals surface area contributed by atoms with E-state index in [0.29, 0.717) is 11.2 Å². The number of hydrogen-bond donors (Lipinski definition) is 2. The number of carbonyl (C=O) groups is 1. The smallest absolute Gasteiger partial charge is 0.246 e. The van der Waals surface area contributed by atoms with Crippen LogP contribution in [0.4, 0.5) is 30.4 Å². The van der Waals surface area contributed by atoms with Gasteiger partial charge in [-0.05, 0) is 24.3 Å². The zero-order valence-electron chi connectivity index (χ0n) is 14.7. The molecule has 0 saturated heterocycles. The molecule has 0 aliphatic heterocycles. The summed E-state index contributed by atoms with van der Waals surface area (Å²) in [5.74, 6) is -3.02. The van der Waals surface area contributed by atoms with E-state index < -0.39 is 23.4 Å². The van der Waals surface area contributed by atoms with Crippen LogP contribution >= 0.6 is 0 Å². The molecule has 2 aromatic heterocycles. The summed E-state index contributed by atoms with van der Waals surface area (Å²) in [6.45, 7) is -0.240. The standard InChI is InChI=1S/C19H13F3N6O/c20-12-3-1-5-14-17(12)19(24-10-23-14)26-11-7-25-28(8-11)9-16(29)27-15-6-2-4-13(21)18(15)22/h1-8,10H,9H2,(H,27,29)(H,23,24,26). The lowest BCUT2D eigenvalue weighted by Gasteiger charge is -2.07. The molecule has 146 valence electrons. The van der Waals surface area contributed by atoms with Crippen LogP contribution in [-0.4, -0.2) is 25.7 Å². The van der Waals surface area contributed by atoms with Crippen molar-refractivity contribution >= 4 is 34.0 Å². The van der Waals surface area contributed by atoms with Crippen molar-refractivity contribution in [2.45, 2.75) is 6.54 Å². The first-order chi connectivity index (χ1) is 14.0. The molecule has 29 heavy (non-hydrogen) atoms. The Morgan fingerprint density at radius 3 is 2.69 bits per heavy atom. The van der Waals surface area contributed by atoms with Crippen molar-refractivity contribution in [3.8, 4) is 0 Å². The van der Waals surface area contributed by atoms with E-state index in [1.165, 1.54) is 41.6 Å². The molecule has 0 fully saturated rings. The first-order valence-electron chi connectivity index (χ1n) is 8.44. The monoisotopic (exact) mass is 398 g/mol. The summed E-state index contributed by atoms with van der Waals surface area (Å²) in [5.41, 5.74) is 0.632. The molecule has 7 nitrogen and oxygen atoms in total. The molecule has 0 aliphatic rings. The third kappa shape index (κ3) is 3.86. The lowest BCUT2D eigenvalue weighted by atomic mass is 10.2. The summed E-state index contributed by atoms with van der Waals surface area (Å²) in [6.07, 6.45) is 4.22. The molecule has 1 amide bonds. The Bertz CT molecular complexity index is 1200. The van der Waals surface area contributed by atoms with Gasteiger partial charge in [0.05, 0.1) is 28.5 Å². The van der Waals surface area contributed by atoms with Gasteiger partial charge in [-0.2, -0.15) is 5.10 Å². The van der Waals surface area contributed by atoms with E-state index in [0.717, 1.165) is 6.07 Å². The van der Waals surface area contributed by atoms with Crippen LogP contribution in [0, 0.1) is 17.5 Å². The number of nitrogens with zero attached hydrogens (tertiary/aromatic N) is 4. The minimum Gasteiger partial charge on any atom is -0.337 e. The highest BCUT2D eigenvalue weighted by Crippen LogP contribution is 2.25. The normalized spacial score (nSPS) is 10.9. The van der Waals surface area contributed by atoms with Crippen LogP contribution in [0.2, 0.25) is 0 Å².